The molecule has 0 bridgehead atoms. The topological polar surface area (TPSA) is 24.5 Å². The predicted molar refractivity (Wildman–Crippen MR) is 121 cm³/mol. The van der Waals surface area contributed by atoms with Crippen molar-refractivity contribution >= 4 is 0 Å². The summed E-state index contributed by atoms with van der Waals surface area (Å²) in [5.41, 5.74) is 3.34. The molecule has 0 aliphatic carbocycles. The maximum Gasteiger partial charge on any atom is 0.0701 e. The summed E-state index contributed by atoms with van der Waals surface area (Å²) in [6, 6.07) is 0. The van der Waals surface area contributed by atoms with E-state index in [2.05, 4.69) is 26.2 Å². The van der Waals surface area contributed by atoms with E-state index in [9.17, 15) is 0 Å². The first kappa shape index (κ1) is 26.9. The van der Waals surface area contributed by atoms with Gasteiger partial charge in [-0.2, -0.15) is 0 Å². The van der Waals surface area contributed by atoms with Crippen LogP contribution >= 0.6 is 0 Å². The smallest absolute Gasteiger partial charge is 0.0701 e. The fourth-order valence-electron chi connectivity index (χ4n) is 3.45. The third-order valence-electron chi connectivity index (χ3n) is 5.21. The number of hydrazine groups is 1. The van der Waals surface area contributed by atoms with Crippen LogP contribution < -0.4 is 5.43 Å². The summed E-state index contributed by atoms with van der Waals surface area (Å²) < 4.78 is 0. The second-order valence-electron chi connectivity index (χ2n) is 8.15. The van der Waals surface area contributed by atoms with Crippen LogP contribution in [0.5, 0.6) is 0 Å². The largest absolute Gasteiger partial charge is 0.284 e. The quantitative estimate of drug-likeness (QED) is 0.144. The highest BCUT2D eigenvalue weighted by molar-refractivity contribution is 4.50. The zero-order valence-electron chi connectivity index (χ0n) is 19.2. The number of hydrogen-bond donors (Lipinski definition) is 1. The monoisotopic (exact) mass is 384 g/mol. The summed E-state index contributed by atoms with van der Waals surface area (Å²) in [7, 11) is 0. The standard InChI is InChI=1S/C24H52N2O/c1-4-7-8-9-10-11-12-13-14-15-16-17-18-19-20-21-24-27-26(23-6-3)25-22-5-2/h25H,4-24H2,1-3H3. The summed E-state index contributed by atoms with van der Waals surface area (Å²) in [5, 5.41) is 1.94. The average Bonchev–Trinajstić information content (AvgIpc) is 2.68. The van der Waals surface area contributed by atoms with Gasteiger partial charge in [-0.15, -0.1) is 5.17 Å². The van der Waals surface area contributed by atoms with Crippen molar-refractivity contribution in [3.05, 3.63) is 0 Å². The lowest BCUT2D eigenvalue weighted by atomic mass is 10.0. The molecule has 0 saturated carbocycles. The summed E-state index contributed by atoms with van der Waals surface area (Å²) in [4.78, 5) is 5.83. The third kappa shape index (κ3) is 22.0. The van der Waals surface area contributed by atoms with Gasteiger partial charge in [0.2, 0.25) is 0 Å². The lowest BCUT2D eigenvalue weighted by Crippen LogP contribution is -2.39. The Hall–Kier alpha value is -0.120. The van der Waals surface area contributed by atoms with Crippen LogP contribution in [0.4, 0.5) is 0 Å². The van der Waals surface area contributed by atoms with Gasteiger partial charge < -0.3 is 0 Å². The lowest BCUT2D eigenvalue weighted by Gasteiger charge is -2.21. The van der Waals surface area contributed by atoms with Crippen molar-refractivity contribution in [1.82, 2.24) is 10.6 Å². The van der Waals surface area contributed by atoms with E-state index >= 15 is 0 Å². The maximum absolute atomic E-state index is 5.83. The molecule has 0 amide bonds. The highest BCUT2D eigenvalue weighted by Crippen LogP contribution is 2.13. The van der Waals surface area contributed by atoms with Crippen LogP contribution in [0, 0.1) is 0 Å². The molecule has 0 aromatic rings. The van der Waals surface area contributed by atoms with Crippen molar-refractivity contribution in [2.45, 2.75) is 136 Å². The van der Waals surface area contributed by atoms with Crippen LogP contribution in [0.2, 0.25) is 0 Å². The molecule has 3 nitrogen and oxygen atoms in total. The third-order valence-corrected chi connectivity index (χ3v) is 5.21. The Kier molecular flexibility index (Phi) is 23.8. The molecule has 0 heterocycles. The molecule has 0 spiro atoms. The molecule has 164 valence electrons. The highest BCUT2D eigenvalue weighted by atomic mass is 16.7. The highest BCUT2D eigenvalue weighted by Gasteiger charge is 2.02. The zero-order valence-corrected chi connectivity index (χ0v) is 19.2. The number of hydroxylamine groups is 1. The molecule has 0 unspecified atom stereocenters. The van der Waals surface area contributed by atoms with E-state index in [1.807, 2.05) is 5.17 Å². The summed E-state index contributed by atoms with van der Waals surface area (Å²) in [6.07, 6.45) is 24.9. The van der Waals surface area contributed by atoms with E-state index in [1.165, 1.54) is 103 Å². The van der Waals surface area contributed by atoms with Crippen molar-refractivity contribution < 1.29 is 4.84 Å². The minimum Gasteiger partial charge on any atom is -0.284 e. The normalized spacial score (nSPS) is 11.6. The van der Waals surface area contributed by atoms with E-state index in [1.54, 1.807) is 0 Å². The molecule has 0 saturated heterocycles. The van der Waals surface area contributed by atoms with Gasteiger partial charge in [-0.05, 0) is 19.3 Å². The zero-order chi connectivity index (χ0) is 19.8. The molecule has 3 heteroatoms. The van der Waals surface area contributed by atoms with Gasteiger partial charge in [-0.3, -0.25) is 4.84 Å². The van der Waals surface area contributed by atoms with Crippen molar-refractivity contribution in [1.29, 1.82) is 0 Å². The lowest BCUT2D eigenvalue weighted by molar-refractivity contribution is -0.196. The summed E-state index contributed by atoms with van der Waals surface area (Å²) >= 11 is 0. The second-order valence-corrected chi connectivity index (χ2v) is 8.15. The molecule has 0 aliphatic heterocycles. The van der Waals surface area contributed by atoms with Gasteiger partial charge in [-0.25, -0.2) is 5.43 Å². The van der Waals surface area contributed by atoms with Crippen LogP contribution in [0.1, 0.15) is 136 Å². The summed E-state index contributed by atoms with van der Waals surface area (Å²) in [6.45, 7) is 9.50. The van der Waals surface area contributed by atoms with E-state index in [0.29, 0.717) is 0 Å². The van der Waals surface area contributed by atoms with Crippen LogP contribution in [0.15, 0.2) is 0 Å². The van der Waals surface area contributed by atoms with Crippen LogP contribution in [-0.4, -0.2) is 24.9 Å². The second kappa shape index (κ2) is 23.9. The molecule has 0 rings (SSSR count). The molecule has 0 aliphatic rings. The van der Waals surface area contributed by atoms with E-state index < -0.39 is 0 Å². The Bertz CT molecular complexity index is 261. The molecular weight excluding hydrogens is 332 g/mol. The van der Waals surface area contributed by atoms with Gasteiger partial charge in [0.05, 0.1) is 6.61 Å². The van der Waals surface area contributed by atoms with Crippen LogP contribution in [0.25, 0.3) is 0 Å². The molecule has 0 aromatic heterocycles. The van der Waals surface area contributed by atoms with Crippen molar-refractivity contribution in [3.8, 4) is 0 Å². The fourth-order valence-corrected chi connectivity index (χ4v) is 3.45. The van der Waals surface area contributed by atoms with Gasteiger partial charge in [0.1, 0.15) is 0 Å². The van der Waals surface area contributed by atoms with Gasteiger partial charge in [0.15, 0.2) is 0 Å². The molecule has 27 heavy (non-hydrogen) atoms. The van der Waals surface area contributed by atoms with Crippen LogP contribution in [0.3, 0.4) is 0 Å². The SMILES string of the molecule is CCCCCCCCCCCCCCCCCCON(CCC)NCCC. The summed E-state index contributed by atoms with van der Waals surface area (Å²) in [5.74, 6) is 0. The Labute approximate surface area is 171 Å². The average molecular weight is 385 g/mol. The van der Waals surface area contributed by atoms with Crippen molar-refractivity contribution in [2.75, 3.05) is 19.7 Å². The van der Waals surface area contributed by atoms with Crippen molar-refractivity contribution in [3.63, 3.8) is 0 Å². The Morgan fingerprint density at radius 1 is 0.519 bits per heavy atom. The van der Waals surface area contributed by atoms with Crippen molar-refractivity contribution in [2.24, 2.45) is 0 Å². The first-order valence-electron chi connectivity index (χ1n) is 12.5. The fraction of sp³-hybridized carbons (Fsp3) is 1.00. The first-order valence-corrected chi connectivity index (χ1v) is 12.5. The minimum absolute atomic E-state index is 0.856. The maximum atomic E-state index is 5.83. The number of unbranched alkanes of at least 4 members (excludes halogenated alkanes) is 15. The van der Waals surface area contributed by atoms with Gasteiger partial charge >= 0.3 is 0 Å². The number of rotatable bonds is 23. The number of nitrogens with one attached hydrogen (secondary N) is 1. The molecule has 0 fully saturated rings. The molecule has 0 aromatic carbocycles. The van der Waals surface area contributed by atoms with E-state index in [4.69, 9.17) is 4.84 Å². The molecule has 1 N–H and O–H groups in total. The number of nitrogens with zero attached hydrogens (tertiary/aromatic N) is 1. The van der Waals surface area contributed by atoms with Gasteiger partial charge in [0.25, 0.3) is 0 Å². The first-order chi connectivity index (χ1) is 13.3. The molecular formula is C24H52N2O. The Morgan fingerprint density at radius 2 is 0.963 bits per heavy atom. The van der Waals surface area contributed by atoms with Gasteiger partial charge in [0, 0.05) is 13.1 Å². The Morgan fingerprint density at radius 3 is 1.37 bits per heavy atom. The number of hydrogen-bond acceptors (Lipinski definition) is 3. The van der Waals surface area contributed by atoms with E-state index in [0.717, 1.165) is 32.5 Å². The Balaban J connectivity index is 3.17. The van der Waals surface area contributed by atoms with Crippen LogP contribution in [-0.2, 0) is 4.84 Å². The van der Waals surface area contributed by atoms with E-state index in [-0.39, 0.29) is 0 Å². The van der Waals surface area contributed by atoms with Gasteiger partial charge in [-0.1, -0.05) is 117 Å². The molecule has 0 radical (unpaired) electrons. The predicted octanol–water partition coefficient (Wildman–Crippen LogP) is 7.81. The minimum atomic E-state index is 0.856. The molecule has 0 atom stereocenters.